The second-order valence-corrected chi connectivity index (χ2v) is 5.17. The zero-order valence-electron chi connectivity index (χ0n) is 10.3. The van der Waals surface area contributed by atoms with Crippen LogP contribution in [0.4, 0.5) is 0 Å². The minimum absolute atomic E-state index is 0.344. The van der Waals surface area contributed by atoms with Gasteiger partial charge in [0, 0.05) is 45.5 Å². The summed E-state index contributed by atoms with van der Waals surface area (Å²) in [4.78, 5) is 6.58. The van der Waals surface area contributed by atoms with E-state index in [1.54, 1.807) is 0 Å². The lowest BCUT2D eigenvalue weighted by Crippen LogP contribution is -2.64. The van der Waals surface area contributed by atoms with Crippen molar-refractivity contribution in [2.75, 3.05) is 19.6 Å². The summed E-state index contributed by atoms with van der Waals surface area (Å²) in [5.41, 5.74) is -0.457. The number of nitrogens with zero attached hydrogens (tertiary/aromatic N) is 3. The van der Waals surface area contributed by atoms with E-state index in [0.717, 1.165) is 31.9 Å². The van der Waals surface area contributed by atoms with Crippen molar-refractivity contribution in [3.05, 3.63) is 18.2 Å². The maximum Gasteiger partial charge on any atom is 0.109 e. The van der Waals surface area contributed by atoms with Gasteiger partial charge in [0.2, 0.25) is 0 Å². The number of imidazole rings is 1. The minimum atomic E-state index is -0.457. The Morgan fingerprint density at radius 2 is 2.19 bits per heavy atom. The molecule has 0 amide bonds. The van der Waals surface area contributed by atoms with Gasteiger partial charge in [-0.2, -0.15) is 0 Å². The molecule has 1 aromatic rings. The number of rotatable bonds is 4. The predicted molar refractivity (Wildman–Crippen MR) is 63.1 cm³/mol. The predicted octanol–water partition coefficient (Wildman–Crippen LogP) is 0.665. The van der Waals surface area contributed by atoms with Crippen LogP contribution in [-0.2, 0) is 13.5 Å². The van der Waals surface area contributed by atoms with E-state index in [9.17, 15) is 5.11 Å². The van der Waals surface area contributed by atoms with E-state index in [1.165, 1.54) is 0 Å². The molecular weight excluding hydrogens is 202 g/mol. The third-order valence-electron chi connectivity index (χ3n) is 3.64. The lowest BCUT2D eigenvalue weighted by molar-refractivity contribution is -0.126. The second-order valence-electron chi connectivity index (χ2n) is 5.17. The van der Waals surface area contributed by atoms with Gasteiger partial charge in [0.15, 0.2) is 0 Å². The van der Waals surface area contributed by atoms with E-state index in [4.69, 9.17) is 0 Å². The lowest BCUT2D eigenvalue weighted by atomic mass is 9.83. The van der Waals surface area contributed by atoms with Crippen LogP contribution in [0.2, 0.25) is 0 Å². The number of hydrogen-bond acceptors (Lipinski definition) is 3. The summed E-state index contributed by atoms with van der Waals surface area (Å²) in [5, 5.41) is 10.1. The van der Waals surface area contributed by atoms with Crippen LogP contribution in [0.5, 0.6) is 0 Å². The molecule has 0 unspecified atom stereocenters. The molecule has 0 atom stereocenters. The van der Waals surface area contributed by atoms with Crippen molar-refractivity contribution in [3.8, 4) is 0 Å². The molecule has 2 heterocycles. The van der Waals surface area contributed by atoms with Crippen LogP contribution in [0.15, 0.2) is 12.4 Å². The summed E-state index contributed by atoms with van der Waals surface area (Å²) in [7, 11) is 2.02. The molecular formula is C12H21N3O. The molecule has 4 heteroatoms. The third-order valence-corrected chi connectivity index (χ3v) is 3.64. The van der Waals surface area contributed by atoms with Gasteiger partial charge in [0.05, 0.1) is 5.60 Å². The first-order chi connectivity index (χ1) is 7.51. The molecule has 0 bridgehead atoms. The van der Waals surface area contributed by atoms with Crippen LogP contribution in [0, 0.1) is 5.92 Å². The molecule has 0 aromatic carbocycles. The van der Waals surface area contributed by atoms with Crippen molar-refractivity contribution < 1.29 is 5.11 Å². The number of aryl methyl sites for hydroxylation is 1. The Morgan fingerprint density at radius 1 is 1.50 bits per heavy atom. The van der Waals surface area contributed by atoms with E-state index < -0.39 is 5.60 Å². The van der Waals surface area contributed by atoms with E-state index in [2.05, 4.69) is 28.3 Å². The number of likely N-dealkylation sites (tertiary alicyclic amines) is 1. The summed E-state index contributed by atoms with van der Waals surface area (Å²) in [6, 6.07) is 0. The standard InChI is InChI=1S/C12H21N3O/c1-10(2)12(16)8-15(9-12)6-4-11-13-5-7-14(11)3/h5,7,10,16H,4,6,8-9H2,1-3H3. The lowest BCUT2D eigenvalue weighted by Gasteiger charge is -2.49. The van der Waals surface area contributed by atoms with Gasteiger partial charge in [-0.15, -0.1) is 0 Å². The molecule has 0 spiro atoms. The highest BCUT2D eigenvalue weighted by molar-refractivity contribution is 4.99. The monoisotopic (exact) mass is 223 g/mol. The van der Waals surface area contributed by atoms with Crippen LogP contribution in [0.25, 0.3) is 0 Å². The maximum absolute atomic E-state index is 10.1. The van der Waals surface area contributed by atoms with Crippen molar-refractivity contribution in [2.24, 2.45) is 13.0 Å². The number of hydrogen-bond donors (Lipinski definition) is 1. The zero-order valence-corrected chi connectivity index (χ0v) is 10.3. The van der Waals surface area contributed by atoms with E-state index >= 15 is 0 Å². The SMILES string of the molecule is CC(C)C1(O)CN(CCc2nccn2C)C1. The minimum Gasteiger partial charge on any atom is -0.387 e. The van der Waals surface area contributed by atoms with Crippen molar-refractivity contribution in [1.29, 1.82) is 0 Å². The largest absolute Gasteiger partial charge is 0.387 e. The van der Waals surface area contributed by atoms with Crippen LogP contribution < -0.4 is 0 Å². The normalized spacial score (nSPS) is 20.1. The van der Waals surface area contributed by atoms with Gasteiger partial charge in [-0.3, -0.25) is 4.90 Å². The molecule has 4 nitrogen and oxygen atoms in total. The fraction of sp³-hybridized carbons (Fsp3) is 0.750. The Labute approximate surface area is 96.9 Å². The summed E-state index contributed by atoms with van der Waals surface area (Å²) in [6.45, 7) is 6.75. The summed E-state index contributed by atoms with van der Waals surface area (Å²) >= 11 is 0. The number of aliphatic hydroxyl groups is 1. The van der Waals surface area contributed by atoms with Crippen molar-refractivity contribution in [1.82, 2.24) is 14.5 Å². The van der Waals surface area contributed by atoms with Gasteiger partial charge < -0.3 is 9.67 Å². The smallest absolute Gasteiger partial charge is 0.109 e. The van der Waals surface area contributed by atoms with Crippen molar-refractivity contribution in [3.63, 3.8) is 0 Å². The molecule has 1 fully saturated rings. The fourth-order valence-corrected chi connectivity index (χ4v) is 2.15. The first-order valence-electron chi connectivity index (χ1n) is 5.92. The van der Waals surface area contributed by atoms with E-state index in [0.29, 0.717) is 5.92 Å². The second kappa shape index (κ2) is 4.18. The molecule has 0 radical (unpaired) electrons. The fourth-order valence-electron chi connectivity index (χ4n) is 2.15. The van der Waals surface area contributed by atoms with Crippen molar-refractivity contribution >= 4 is 0 Å². The molecule has 1 aliphatic rings. The third kappa shape index (κ3) is 2.13. The highest BCUT2D eigenvalue weighted by Gasteiger charge is 2.43. The quantitative estimate of drug-likeness (QED) is 0.815. The van der Waals surface area contributed by atoms with Gasteiger partial charge in [-0.1, -0.05) is 13.8 Å². The summed E-state index contributed by atoms with van der Waals surface area (Å²) in [6.07, 6.45) is 4.75. The molecule has 90 valence electrons. The van der Waals surface area contributed by atoms with Crippen molar-refractivity contribution in [2.45, 2.75) is 25.9 Å². The molecule has 0 aliphatic carbocycles. The van der Waals surface area contributed by atoms with E-state index in [1.807, 2.05) is 19.4 Å². The molecule has 16 heavy (non-hydrogen) atoms. The van der Waals surface area contributed by atoms with Gasteiger partial charge in [-0.05, 0) is 5.92 Å². The molecule has 2 rings (SSSR count). The Hall–Kier alpha value is -0.870. The average Bonchev–Trinajstić information content (AvgIpc) is 2.56. The Balaban J connectivity index is 1.77. The Kier molecular flexibility index (Phi) is 3.04. The van der Waals surface area contributed by atoms with Gasteiger partial charge >= 0.3 is 0 Å². The van der Waals surface area contributed by atoms with Crippen LogP contribution >= 0.6 is 0 Å². The Bertz CT molecular complexity index is 353. The van der Waals surface area contributed by atoms with Gasteiger partial charge in [0.1, 0.15) is 5.82 Å². The molecule has 1 saturated heterocycles. The number of β-amino-alcohol motifs (C(OH)–C–C–N with tert-alkyl or cyclic N) is 1. The summed E-state index contributed by atoms with van der Waals surface area (Å²) < 4.78 is 2.05. The maximum atomic E-state index is 10.1. The average molecular weight is 223 g/mol. The molecule has 1 aromatic heterocycles. The van der Waals surface area contributed by atoms with Gasteiger partial charge in [0.25, 0.3) is 0 Å². The highest BCUT2D eigenvalue weighted by atomic mass is 16.3. The Morgan fingerprint density at radius 3 is 2.69 bits per heavy atom. The highest BCUT2D eigenvalue weighted by Crippen LogP contribution is 2.28. The van der Waals surface area contributed by atoms with E-state index in [-0.39, 0.29) is 0 Å². The zero-order chi connectivity index (χ0) is 11.8. The summed E-state index contributed by atoms with van der Waals surface area (Å²) in [5.74, 6) is 1.46. The van der Waals surface area contributed by atoms with Gasteiger partial charge in [-0.25, -0.2) is 4.98 Å². The van der Waals surface area contributed by atoms with Crippen LogP contribution in [0.1, 0.15) is 19.7 Å². The van der Waals surface area contributed by atoms with Crippen LogP contribution in [-0.4, -0.2) is 44.8 Å². The molecule has 1 N–H and O–H groups in total. The van der Waals surface area contributed by atoms with Crippen LogP contribution in [0.3, 0.4) is 0 Å². The topological polar surface area (TPSA) is 41.3 Å². The molecule has 1 aliphatic heterocycles. The molecule has 0 saturated carbocycles. The first kappa shape index (κ1) is 11.6. The number of aromatic nitrogens is 2. The first-order valence-corrected chi connectivity index (χ1v) is 5.92.